The molecule has 3 aromatic rings. The number of aliphatic hydroxyl groups excluding tert-OH is 2. The fourth-order valence-corrected chi connectivity index (χ4v) is 12.0. The molecule has 4 rings (SSSR count). The molecule has 0 saturated carbocycles. The van der Waals surface area contributed by atoms with Gasteiger partial charge in [0.2, 0.25) is 59.3 Å². The molecule has 1 unspecified atom stereocenters. The number of halogens is 1. The van der Waals surface area contributed by atoms with E-state index in [1.165, 1.54) is 12.1 Å². The minimum absolute atomic E-state index is 0.143. The van der Waals surface area contributed by atoms with E-state index in [2.05, 4.69) is 79.8 Å². The number of benzene rings is 3. The summed E-state index contributed by atoms with van der Waals surface area (Å²) in [7, 11) is 0. The number of hydrogen-bond donors (Lipinski definition) is 17. The summed E-state index contributed by atoms with van der Waals surface area (Å²) in [6.45, 7) is 26.2. The summed E-state index contributed by atoms with van der Waals surface area (Å²) in [4.78, 5) is 229. The van der Waals surface area contributed by atoms with Crippen molar-refractivity contribution in [2.45, 2.75) is 290 Å². The number of carbonyl (C=O) groups is 16. The fraction of sp³-hybridized carbons (Fsp3) is 0.605. The molecular weight excluding hydrogens is 1650 g/mol. The maximum absolute atomic E-state index is 16.3. The Labute approximate surface area is 734 Å². The van der Waals surface area contributed by atoms with Crippen LogP contribution in [-0.4, -0.2) is 246 Å². The molecular formula is C86H130FN15O24. The van der Waals surface area contributed by atoms with Crippen LogP contribution in [-0.2, 0) is 87.6 Å². The quantitative estimate of drug-likeness (QED) is 0.0322. The normalized spacial score (nSPS) is 19.5. The summed E-state index contributed by atoms with van der Waals surface area (Å²) in [6, 6.07) is 6.34. The molecule has 3 aromatic carbocycles. The average molecular weight is 1780 g/mol. The van der Waals surface area contributed by atoms with Gasteiger partial charge in [0, 0.05) is 52.1 Å². The first-order valence-corrected chi connectivity index (χ1v) is 41.8. The number of alkyl halides is 1. The predicted molar refractivity (Wildman–Crippen MR) is 458 cm³/mol. The number of carbonyl (C=O) groups excluding carboxylic acids is 16. The molecule has 1 heterocycles. The molecule has 15 amide bonds. The van der Waals surface area contributed by atoms with E-state index in [-0.39, 0.29) is 24.9 Å². The molecule has 0 bridgehead atoms. The number of rotatable bonds is 31. The highest BCUT2D eigenvalue weighted by atomic mass is 19.1. The molecule has 0 aliphatic carbocycles. The highest BCUT2D eigenvalue weighted by Crippen LogP contribution is 2.26. The first-order chi connectivity index (χ1) is 58.6. The lowest BCUT2D eigenvalue weighted by molar-refractivity contribution is -0.162. The minimum atomic E-state index is -2.51. The topological polar surface area (TPSA) is 549 Å². The molecule has 126 heavy (non-hydrogen) atoms. The van der Waals surface area contributed by atoms with E-state index in [1.807, 2.05) is 0 Å². The van der Waals surface area contributed by atoms with E-state index in [1.54, 1.807) is 190 Å². The highest BCUT2D eigenvalue weighted by molar-refractivity contribution is 5.99. The van der Waals surface area contributed by atoms with Gasteiger partial charge in [-0.25, -0.2) is 33.2 Å². The Bertz CT molecular complexity index is 4160. The number of aliphatic hydroxyl groups is 2. The van der Waals surface area contributed by atoms with Gasteiger partial charge >= 0.3 is 36.4 Å². The van der Waals surface area contributed by atoms with Gasteiger partial charge < -0.3 is 118 Å². The Hall–Kier alpha value is -12.0. The molecule has 700 valence electrons. The lowest BCUT2D eigenvalue weighted by Gasteiger charge is -2.29. The van der Waals surface area contributed by atoms with Crippen LogP contribution >= 0.6 is 0 Å². The SMILES string of the molecule is CC(C)C[C@@H]1NC(=O)[C@@H](Cc2ccccc2)NC(=O)[C@H](CCNC(=O)OC(C)(C)C)NC(=O)[C@@H](NC(=O)[C@H](CCNC(=O)OC(C)(C)C)NC(=O)[C@@H](NC(=O)[C@H](CCNC(=O)OC(C)(C)C)OC(=O)C(F)c2ccc(-c3ccccc3)cc2)[C@@H](C)O)CCNC(=O)[C@H]([C@@H](C)O)NC(=O)[C@H](CCNC(=O)OC(C)(C)C)NC(=O)[C@H](CCNC(=O)OC(C)(C)C)NC1=O. The van der Waals surface area contributed by atoms with Gasteiger partial charge in [0.1, 0.15) is 82.4 Å². The maximum atomic E-state index is 16.3. The van der Waals surface area contributed by atoms with E-state index in [9.17, 15) is 67.7 Å². The van der Waals surface area contributed by atoms with Gasteiger partial charge in [-0.15, -0.1) is 0 Å². The van der Waals surface area contributed by atoms with Crippen molar-refractivity contribution in [1.29, 1.82) is 0 Å². The molecule has 0 aromatic heterocycles. The van der Waals surface area contributed by atoms with Crippen LogP contribution < -0.4 is 79.8 Å². The van der Waals surface area contributed by atoms with Crippen LogP contribution in [0.25, 0.3) is 11.1 Å². The zero-order valence-electron chi connectivity index (χ0n) is 75.3. The Kier molecular flexibility index (Phi) is 41.9. The van der Waals surface area contributed by atoms with Gasteiger partial charge in [0.05, 0.1) is 12.2 Å². The van der Waals surface area contributed by atoms with E-state index in [4.69, 9.17) is 28.4 Å². The molecule has 1 saturated heterocycles. The van der Waals surface area contributed by atoms with Crippen molar-refractivity contribution >= 4 is 95.5 Å². The summed E-state index contributed by atoms with van der Waals surface area (Å²) < 4.78 is 48.6. The number of hydrogen-bond acceptors (Lipinski definition) is 24. The number of alkyl carbamates (subject to hydrolysis) is 5. The third-order valence-electron chi connectivity index (χ3n) is 17.8. The van der Waals surface area contributed by atoms with Crippen LogP contribution in [0.5, 0.6) is 0 Å². The van der Waals surface area contributed by atoms with Gasteiger partial charge in [0.15, 0.2) is 6.10 Å². The van der Waals surface area contributed by atoms with Crippen molar-refractivity contribution in [3.63, 3.8) is 0 Å². The molecule has 1 fully saturated rings. The maximum Gasteiger partial charge on any atom is 0.407 e. The molecule has 39 nitrogen and oxygen atoms in total. The number of ether oxygens (including phenoxy) is 6. The Morgan fingerprint density at radius 3 is 1.25 bits per heavy atom. The van der Waals surface area contributed by atoms with Crippen LogP contribution in [0, 0.1) is 5.92 Å². The second kappa shape index (κ2) is 49.7. The molecule has 1 aliphatic heterocycles. The first kappa shape index (κ1) is 106. The Balaban J connectivity index is 1.95. The van der Waals surface area contributed by atoms with Crippen LogP contribution in [0.4, 0.5) is 28.4 Å². The van der Waals surface area contributed by atoms with Crippen LogP contribution in [0.3, 0.4) is 0 Å². The van der Waals surface area contributed by atoms with Gasteiger partial charge in [0.25, 0.3) is 5.91 Å². The van der Waals surface area contributed by atoms with Crippen LogP contribution in [0.15, 0.2) is 84.9 Å². The second-order valence-corrected chi connectivity index (χ2v) is 35.6. The van der Waals surface area contributed by atoms with Crippen molar-refractivity contribution in [2.24, 2.45) is 5.92 Å². The monoisotopic (exact) mass is 1780 g/mol. The van der Waals surface area contributed by atoms with Crippen LogP contribution in [0.1, 0.15) is 194 Å². The Morgan fingerprint density at radius 2 is 0.817 bits per heavy atom. The highest BCUT2D eigenvalue weighted by Gasteiger charge is 2.40. The standard InChI is InChI=1S/C86H130FN15O24/c1-48(2)46-60-71(110)97-56(35-41-89-77(116)122-82(5,6)7)67(106)96-59(38-44-92-80(119)125-85(14,15)16)70(109)101-64(49(3)103)74(113)88-40-34-55(66(105)95-57(36-42-90-78(117)123-83(8,9)10)69(108)100-61(72(111)99-60)47-51-26-22-20-23-27-51)94-68(107)58(37-43-91-79(118)124-84(11,12)13)98-75(114)65(50(4)104)102-73(112)62(39-45-93-81(120)126-86(17,18)19)121-76(115)63(87)54-32-30-53(31-33-54)52-28-24-21-25-29-52/h20-33,48-50,55-65,103-104H,34-47H2,1-19H3,(H,88,113)(H,89,116)(H,90,117)(H,91,118)(H,92,119)(H,93,120)(H,94,107)(H,95,105)(H,96,106)(H,97,110)(H,98,114)(H,99,111)(H,100,108)(H,101,109)(H,102,112)/t49-,50-,55+,56+,57+,58+,59+,60+,61-,62+,63?,64+,65+/m1/s1. The zero-order chi connectivity index (χ0) is 94.8. The molecule has 0 radical (unpaired) electrons. The number of esters is 1. The molecule has 1 aliphatic rings. The van der Waals surface area contributed by atoms with Gasteiger partial charge in [-0.3, -0.25) is 47.9 Å². The van der Waals surface area contributed by atoms with E-state index < -0.39 is 280 Å². The molecule has 13 atom stereocenters. The third-order valence-corrected chi connectivity index (χ3v) is 17.8. The van der Waals surface area contributed by atoms with Gasteiger partial charge in [-0.1, -0.05) is 98.8 Å². The molecule has 0 spiro atoms. The lowest BCUT2D eigenvalue weighted by atomic mass is 10.00. The lowest BCUT2D eigenvalue weighted by Crippen LogP contribution is -2.62. The van der Waals surface area contributed by atoms with Crippen LogP contribution in [0.2, 0.25) is 0 Å². The van der Waals surface area contributed by atoms with Crippen molar-refractivity contribution < 1.29 is 120 Å². The van der Waals surface area contributed by atoms with Crippen molar-refractivity contribution in [3.05, 3.63) is 96.1 Å². The predicted octanol–water partition coefficient (Wildman–Crippen LogP) is 3.78. The first-order valence-electron chi connectivity index (χ1n) is 41.8. The largest absolute Gasteiger partial charge is 0.450 e. The molecule has 40 heteroatoms. The summed E-state index contributed by atoms with van der Waals surface area (Å²) >= 11 is 0. The van der Waals surface area contributed by atoms with E-state index >= 15 is 23.6 Å². The van der Waals surface area contributed by atoms with E-state index in [0.717, 1.165) is 19.4 Å². The summed E-state index contributed by atoms with van der Waals surface area (Å²) in [6.07, 6.45) is -17.0. The summed E-state index contributed by atoms with van der Waals surface area (Å²) in [5, 5.41) is 60.1. The van der Waals surface area contributed by atoms with Crippen molar-refractivity contribution in [3.8, 4) is 11.1 Å². The van der Waals surface area contributed by atoms with Crippen molar-refractivity contribution in [2.75, 3.05) is 39.3 Å². The second-order valence-electron chi connectivity index (χ2n) is 35.6. The zero-order valence-corrected chi connectivity index (χ0v) is 75.3. The Morgan fingerprint density at radius 1 is 0.437 bits per heavy atom. The van der Waals surface area contributed by atoms with Crippen molar-refractivity contribution in [1.82, 2.24) is 79.8 Å². The molecule has 17 N–H and O–H groups in total. The summed E-state index contributed by atoms with van der Waals surface area (Å²) in [5.41, 5.74) is -3.43. The van der Waals surface area contributed by atoms with Gasteiger partial charge in [-0.2, -0.15) is 0 Å². The summed E-state index contributed by atoms with van der Waals surface area (Å²) in [5.74, 6) is -13.9. The number of amides is 15. The smallest absolute Gasteiger partial charge is 0.407 e. The minimum Gasteiger partial charge on any atom is -0.450 e. The fourth-order valence-electron chi connectivity index (χ4n) is 12.0. The average Bonchev–Trinajstić information content (AvgIpc) is 0.961. The van der Waals surface area contributed by atoms with Gasteiger partial charge in [-0.05, 0) is 184 Å². The number of nitrogens with one attached hydrogen (secondary N) is 15. The van der Waals surface area contributed by atoms with E-state index in [0.29, 0.717) is 11.1 Å². The third kappa shape index (κ3) is 41.2.